The zero-order chi connectivity index (χ0) is 47.8. The number of piperazine rings is 1. The fourth-order valence-electron chi connectivity index (χ4n) is 8.43. The van der Waals surface area contributed by atoms with E-state index in [0.717, 1.165) is 87.2 Å². The van der Waals surface area contributed by atoms with Crippen LogP contribution in [0.1, 0.15) is 17.0 Å². The van der Waals surface area contributed by atoms with Gasteiger partial charge in [-0.2, -0.15) is 19.6 Å². The molecule has 1 aliphatic heterocycles. The third kappa shape index (κ3) is 9.41. The zero-order valence-electron chi connectivity index (χ0n) is 39.8. The minimum atomic E-state index is -0.349. The Morgan fingerprint density at radius 3 is 2.47 bits per heavy atom. The Labute approximate surface area is 403 Å². The van der Waals surface area contributed by atoms with Gasteiger partial charge in [-0.25, -0.2) is 15.0 Å². The van der Waals surface area contributed by atoms with Gasteiger partial charge in [0.25, 0.3) is 5.91 Å². The summed E-state index contributed by atoms with van der Waals surface area (Å²) in [5.41, 5.74) is 9.69. The van der Waals surface area contributed by atoms with Gasteiger partial charge in [-0.3, -0.25) is 4.79 Å². The number of amides is 1. The molecule has 6 heterocycles. The second-order valence-electron chi connectivity index (χ2n) is 17.7. The maximum atomic E-state index is 14.5. The summed E-state index contributed by atoms with van der Waals surface area (Å²) in [6.07, 6.45) is 5.53. The molecule has 0 aliphatic carbocycles. The molecule has 0 atom stereocenters. The molecule has 0 spiro atoms. The van der Waals surface area contributed by atoms with Crippen molar-refractivity contribution in [3.8, 4) is 17.0 Å². The van der Waals surface area contributed by atoms with Crippen molar-refractivity contribution in [1.29, 1.82) is 0 Å². The predicted molar refractivity (Wildman–Crippen MR) is 275 cm³/mol. The summed E-state index contributed by atoms with van der Waals surface area (Å²) >= 11 is 3.63. The first-order valence-electron chi connectivity index (χ1n) is 22.5. The van der Waals surface area contributed by atoms with Crippen LogP contribution in [0.3, 0.4) is 0 Å². The molecule has 0 unspecified atom stereocenters. The average molecular weight is 982 g/mol. The number of methoxy groups -OCH3 is 1. The van der Waals surface area contributed by atoms with Gasteiger partial charge in [0.05, 0.1) is 64.7 Å². The van der Waals surface area contributed by atoms with Crippen molar-refractivity contribution in [2.75, 3.05) is 100 Å². The van der Waals surface area contributed by atoms with Crippen molar-refractivity contribution in [2.24, 2.45) is 7.05 Å². The third-order valence-electron chi connectivity index (χ3n) is 12.6. The van der Waals surface area contributed by atoms with Crippen molar-refractivity contribution >= 4 is 84.3 Å². The van der Waals surface area contributed by atoms with E-state index in [9.17, 15) is 4.79 Å². The Bertz CT molecular complexity index is 3180. The summed E-state index contributed by atoms with van der Waals surface area (Å²) in [6, 6.07) is 18.1. The first-order valence-corrected chi connectivity index (χ1v) is 23.3. The first-order chi connectivity index (χ1) is 32.7. The lowest BCUT2D eigenvalue weighted by Crippen LogP contribution is -2.45. The number of imidazole rings is 1. The van der Waals surface area contributed by atoms with Gasteiger partial charge < -0.3 is 49.4 Å². The molecule has 5 aromatic heterocycles. The largest absolute Gasteiger partial charge is 0.494 e. The number of carbonyl (C=O) groups is 1. The number of halogens is 1. The van der Waals surface area contributed by atoms with Crippen molar-refractivity contribution in [1.82, 2.24) is 53.5 Å². The quantitative estimate of drug-likeness (QED) is 0.0839. The van der Waals surface area contributed by atoms with Gasteiger partial charge in [-0.15, -0.1) is 0 Å². The van der Waals surface area contributed by atoms with Crippen molar-refractivity contribution in [2.45, 2.75) is 26.9 Å². The molecule has 18 nitrogen and oxygen atoms in total. The summed E-state index contributed by atoms with van der Waals surface area (Å²) in [5.74, 6) is 2.44. The minimum Gasteiger partial charge on any atom is -0.494 e. The van der Waals surface area contributed by atoms with Crippen LogP contribution in [0.4, 0.5) is 34.9 Å². The number of para-hydroxylation sites is 1. The molecule has 352 valence electrons. The fraction of sp³-hybridized carbons (Fsp3) is 0.327. The molecule has 3 N–H and O–H groups in total. The maximum absolute atomic E-state index is 14.5. The Morgan fingerprint density at radius 1 is 0.912 bits per heavy atom. The van der Waals surface area contributed by atoms with Crippen molar-refractivity contribution < 1.29 is 9.53 Å². The molecular weight excluding hydrogens is 925 g/mol. The van der Waals surface area contributed by atoms with Crippen LogP contribution in [-0.4, -0.2) is 134 Å². The standard InChI is InChI=1S/C49H57BrN16O2/c1-30-22-37-42(23-31(30)2)65(44(54-37)27-52-48-59-49(64-20-17-61(6)18-21-64)58-45-35(50)26-53-66(45)48)28-32(3)46(67)55-38-24-39(43(68-9)25-41(38)62(7)19-16-60(4)5)57-47-51-15-14-36(56-47)34-29-63(8)40-13-11-10-12-33(34)40/h10-15,22-26,29H,3,16-21,27-28H2,1-2,4-9H3,(H,55,67)(H,51,56,57)(H,52,58,59). The summed E-state index contributed by atoms with van der Waals surface area (Å²) in [4.78, 5) is 47.7. The maximum Gasteiger partial charge on any atom is 0.252 e. The van der Waals surface area contributed by atoms with Crippen LogP contribution in [-0.2, 0) is 24.9 Å². The van der Waals surface area contributed by atoms with E-state index in [1.165, 1.54) is 0 Å². The lowest BCUT2D eigenvalue weighted by Gasteiger charge is -2.32. The highest BCUT2D eigenvalue weighted by atomic mass is 79.9. The Kier molecular flexibility index (Phi) is 13.0. The number of nitrogens with one attached hydrogen (secondary N) is 3. The van der Waals surface area contributed by atoms with Gasteiger partial charge in [0.15, 0.2) is 5.65 Å². The SMILES string of the molecule is C=C(Cn1c(CNc2nc(N3CCN(C)CC3)nc3c(Br)cnn23)nc2cc(C)c(C)cc21)C(=O)Nc1cc(Nc2nccc(-c3cn(C)c4ccccc34)n2)c(OC)cc1N(C)CCN(C)C. The molecule has 0 saturated carbocycles. The number of benzene rings is 3. The first kappa shape index (κ1) is 46.0. The van der Waals surface area contributed by atoms with Crippen LogP contribution >= 0.6 is 15.9 Å². The number of carbonyl (C=O) groups excluding carboxylic acids is 1. The highest BCUT2D eigenvalue weighted by Gasteiger charge is 2.23. The zero-order valence-corrected chi connectivity index (χ0v) is 41.4. The normalized spacial score (nSPS) is 13.2. The van der Waals surface area contributed by atoms with Crippen LogP contribution in [0.15, 0.2) is 89.8 Å². The van der Waals surface area contributed by atoms with E-state index < -0.39 is 0 Å². The molecular formula is C49H57BrN16O2. The third-order valence-corrected chi connectivity index (χ3v) is 13.1. The Hall–Kier alpha value is -7.09. The topological polar surface area (TPSA) is 167 Å². The van der Waals surface area contributed by atoms with E-state index in [4.69, 9.17) is 24.7 Å². The van der Waals surface area contributed by atoms with E-state index in [-0.39, 0.29) is 19.0 Å². The van der Waals surface area contributed by atoms with E-state index >= 15 is 0 Å². The number of ether oxygens (including phenoxy) is 1. The van der Waals surface area contributed by atoms with Crippen LogP contribution in [0, 0.1) is 13.8 Å². The summed E-state index contributed by atoms with van der Waals surface area (Å²) in [7, 11) is 11.8. The van der Waals surface area contributed by atoms with Crippen LogP contribution < -0.4 is 30.5 Å². The lowest BCUT2D eigenvalue weighted by molar-refractivity contribution is -0.113. The molecule has 1 fully saturated rings. The van der Waals surface area contributed by atoms with Crippen molar-refractivity contribution in [3.05, 3.63) is 107 Å². The number of aromatic nitrogens is 9. The number of nitrogens with zero attached hydrogens (tertiary/aromatic N) is 13. The summed E-state index contributed by atoms with van der Waals surface area (Å²) in [5, 5.41) is 15.8. The Morgan fingerprint density at radius 2 is 1.69 bits per heavy atom. The smallest absolute Gasteiger partial charge is 0.252 e. The van der Waals surface area contributed by atoms with Gasteiger partial charge in [-0.05, 0) is 92.4 Å². The highest BCUT2D eigenvalue weighted by molar-refractivity contribution is 9.10. The Balaban J connectivity index is 1.01. The number of anilines is 6. The molecule has 1 aliphatic rings. The highest BCUT2D eigenvalue weighted by Crippen LogP contribution is 2.39. The lowest BCUT2D eigenvalue weighted by atomic mass is 10.1. The number of likely N-dealkylation sites (N-methyl/N-ethyl adjacent to an activating group) is 3. The van der Waals surface area contributed by atoms with Gasteiger partial charge in [0, 0.05) is 93.9 Å². The van der Waals surface area contributed by atoms with E-state index in [2.05, 4.69) is 124 Å². The number of fused-ring (bicyclic) bond motifs is 3. The summed E-state index contributed by atoms with van der Waals surface area (Å²) < 4.78 is 12.5. The van der Waals surface area contributed by atoms with Gasteiger partial charge >= 0.3 is 0 Å². The molecule has 0 bridgehead atoms. The van der Waals surface area contributed by atoms with Gasteiger partial charge in [-0.1, -0.05) is 24.8 Å². The molecule has 68 heavy (non-hydrogen) atoms. The molecule has 19 heteroatoms. The second-order valence-corrected chi connectivity index (χ2v) is 18.5. The second kappa shape index (κ2) is 19.3. The van der Waals surface area contributed by atoms with Gasteiger partial charge in [0.1, 0.15) is 11.6 Å². The monoisotopic (exact) mass is 980 g/mol. The van der Waals surface area contributed by atoms with Gasteiger partial charge in [0.2, 0.25) is 17.8 Å². The molecule has 1 amide bonds. The van der Waals surface area contributed by atoms with E-state index in [1.807, 2.05) is 63.1 Å². The van der Waals surface area contributed by atoms with Crippen molar-refractivity contribution in [3.63, 3.8) is 0 Å². The fourth-order valence-corrected chi connectivity index (χ4v) is 8.78. The average Bonchev–Trinajstić information content (AvgIpc) is 3.99. The number of hydrogen-bond acceptors (Lipinski definition) is 14. The number of hydrogen-bond donors (Lipinski definition) is 3. The van der Waals surface area contributed by atoms with Crippen LogP contribution in [0.5, 0.6) is 5.75 Å². The summed E-state index contributed by atoms with van der Waals surface area (Å²) in [6.45, 7) is 13.9. The minimum absolute atomic E-state index is 0.169. The van der Waals surface area contributed by atoms with E-state index in [1.54, 1.807) is 24.0 Å². The number of aryl methyl sites for hydroxylation is 3. The van der Waals surface area contributed by atoms with Crippen LogP contribution in [0.2, 0.25) is 0 Å². The van der Waals surface area contributed by atoms with Crippen LogP contribution in [0.25, 0.3) is 38.8 Å². The number of rotatable bonds is 16. The molecule has 8 aromatic rings. The van der Waals surface area contributed by atoms with E-state index in [0.29, 0.717) is 58.6 Å². The predicted octanol–water partition coefficient (Wildman–Crippen LogP) is 7.11. The molecule has 9 rings (SSSR count). The molecule has 1 saturated heterocycles. The molecule has 3 aromatic carbocycles. The molecule has 0 radical (unpaired) electrons.